The molecule has 3 N–H and O–H groups in total. The molecular formula is C21H17F2N3O4S. The predicted octanol–water partition coefficient (Wildman–Crippen LogP) is 3.15. The second kappa shape index (κ2) is 8.92. The Bertz CT molecular complexity index is 1250. The van der Waals surface area contributed by atoms with Gasteiger partial charge in [0.2, 0.25) is 0 Å². The zero-order valence-corrected chi connectivity index (χ0v) is 17.0. The maximum atomic E-state index is 13.5. The van der Waals surface area contributed by atoms with E-state index in [0.29, 0.717) is 0 Å². The molecule has 0 spiro atoms. The third kappa shape index (κ3) is 5.23. The van der Waals surface area contributed by atoms with E-state index in [4.69, 9.17) is 0 Å². The molecule has 0 atom stereocenters. The lowest BCUT2D eigenvalue weighted by atomic mass is 10.2. The van der Waals surface area contributed by atoms with Gasteiger partial charge >= 0.3 is 0 Å². The molecule has 160 valence electrons. The highest BCUT2D eigenvalue weighted by Gasteiger charge is 2.20. The van der Waals surface area contributed by atoms with E-state index in [0.717, 1.165) is 24.3 Å². The number of hydrogen-bond donors (Lipinski definition) is 3. The van der Waals surface area contributed by atoms with Crippen LogP contribution in [-0.4, -0.2) is 20.2 Å². The van der Waals surface area contributed by atoms with Crippen molar-refractivity contribution in [2.24, 2.45) is 0 Å². The van der Waals surface area contributed by atoms with Gasteiger partial charge in [0, 0.05) is 5.56 Å². The minimum Gasteiger partial charge on any atom is -0.279 e. The molecule has 0 aliphatic carbocycles. The Morgan fingerprint density at radius 3 is 2.16 bits per heavy atom. The number of anilines is 1. The van der Waals surface area contributed by atoms with Gasteiger partial charge in [-0.2, -0.15) is 0 Å². The number of rotatable bonds is 5. The van der Waals surface area contributed by atoms with Gasteiger partial charge < -0.3 is 0 Å². The normalized spacial score (nSPS) is 10.9. The van der Waals surface area contributed by atoms with Crippen molar-refractivity contribution in [3.05, 3.63) is 95.1 Å². The molecule has 0 aromatic heterocycles. The molecule has 10 heteroatoms. The number of hydrogen-bond acceptors (Lipinski definition) is 4. The fourth-order valence-electron chi connectivity index (χ4n) is 2.61. The number of benzene rings is 3. The van der Waals surface area contributed by atoms with Crippen molar-refractivity contribution in [1.82, 2.24) is 10.9 Å². The van der Waals surface area contributed by atoms with Crippen molar-refractivity contribution < 1.29 is 26.8 Å². The van der Waals surface area contributed by atoms with Crippen molar-refractivity contribution in [3.63, 3.8) is 0 Å². The van der Waals surface area contributed by atoms with Crippen molar-refractivity contribution >= 4 is 27.5 Å². The van der Waals surface area contributed by atoms with Crippen molar-refractivity contribution in [2.45, 2.75) is 11.8 Å². The molecule has 7 nitrogen and oxygen atoms in total. The third-order valence-electron chi connectivity index (χ3n) is 4.25. The van der Waals surface area contributed by atoms with E-state index in [9.17, 15) is 26.8 Å². The molecule has 0 saturated heterocycles. The van der Waals surface area contributed by atoms with Crippen LogP contribution in [0.25, 0.3) is 0 Å². The molecule has 0 aliphatic heterocycles. The molecule has 0 aliphatic rings. The molecule has 0 heterocycles. The second-order valence-corrected chi connectivity index (χ2v) is 8.16. The average molecular weight is 445 g/mol. The van der Waals surface area contributed by atoms with E-state index in [1.165, 1.54) is 49.4 Å². The van der Waals surface area contributed by atoms with Crippen LogP contribution in [-0.2, 0) is 10.0 Å². The van der Waals surface area contributed by atoms with Crippen LogP contribution in [0, 0.1) is 18.6 Å². The molecular weight excluding hydrogens is 428 g/mol. The summed E-state index contributed by atoms with van der Waals surface area (Å²) in [7, 11) is -4.11. The van der Waals surface area contributed by atoms with Crippen LogP contribution in [0.5, 0.6) is 0 Å². The first-order valence-corrected chi connectivity index (χ1v) is 10.4. The minimum absolute atomic E-state index is 0.0435. The molecule has 31 heavy (non-hydrogen) atoms. The maximum Gasteiger partial charge on any atom is 0.271 e. The summed E-state index contributed by atoms with van der Waals surface area (Å²) in [5.74, 6) is -2.54. The van der Waals surface area contributed by atoms with Crippen molar-refractivity contribution in [2.75, 3.05) is 4.72 Å². The zero-order chi connectivity index (χ0) is 22.6. The van der Waals surface area contributed by atoms with Crippen LogP contribution in [0.4, 0.5) is 14.5 Å². The van der Waals surface area contributed by atoms with Crippen LogP contribution in [0.1, 0.15) is 26.3 Å². The smallest absolute Gasteiger partial charge is 0.271 e. The zero-order valence-electron chi connectivity index (χ0n) is 16.1. The molecule has 0 saturated carbocycles. The summed E-state index contributed by atoms with van der Waals surface area (Å²) in [4.78, 5) is 24.4. The lowest BCUT2D eigenvalue weighted by Gasteiger charge is -2.13. The lowest BCUT2D eigenvalue weighted by molar-refractivity contribution is 0.0847. The Balaban J connectivity index is 1.76. The van der Waals surface area contributed by atoms with E-state index in [1.54, 1.807) is 0 Å². The van der Waals surface area contributed by atoms with E-state index in [1.807, 2.05) is 0 Å². The first-order valence-electron chi connectivity index (χ1n) is 8.91. The number of nitrogens with one attached hydrogen (secondary N) is 3. The monoisotopic (exact) mass is 445 g/mol. The highest BCUT2D eigenvalue weighted by Crippen LogP contribution is 2.21. The van der Waals surface area contributed by atoms with Gasteiger partial charge in [0.15, 0.2) is 0 Å². The first-order chi connectivity index (χ1) is 14.7. The highest BCUT2D eigenvalue weighted by molar-refractivity contribution is 7.92. The van der Waals surface area contributed by atoms with Gasteiger partial charge in [-0.05, 0) is 67.1 Å². The second-order valence-electron chi connectivity index (χ2n) is 6.48. The third-order valence-corrected chi connectivity index (χ3v) is 5.61. The summed E-state index contributed by atoms with van der Waals surface area (Å²) in [6.07, 6.45) is 0. The van der Waals surface area contributed by atoms with E-state index >= 15 is 0 Å². The maximum absolute atomic E-state index is 13.5. The summed E-state index contributed by atoms with van der Waals surface area (Å²) < 4.78 is 54.0. The van der Waals surface area contributed by atoms with Crippen LogP contribution in [0.15, 0.2) is 71.6 Å². The number of sulfonamides is 1. The summed E-state index contributed by atoms with van der Waals surface area (Å²) in [5.41, 5.74) is 4.50. The summed E-state index contributed by atoms with van der Waals surface area (Å²) in [6, 6.07) is 13.7. The van der Waals surface area contributed by atoms with Crippen LogP contribution in [0.2, 0.25) is 0 Å². The van der Waals surface area contributed by atoms with Gasteiger partial charge in [0.05, 0.1) is 16.1 Å². The average Bonchev–Trinajstić information content (AvgIpc) is 2.74. The van der Waals surface area contributed by atoms with E-state index in [2.05, 4.69) is 15.6 Å². The topological polar surface area (TPSA) is 104 Å². The quantitative estimate of drug-likeness (QED) is 0.525. The molecule has 2 amide bonds. The Hall–Kier alpha value is -3.79. The predicted molar refractivity (Wildman–Crippen MR) is 110 cm³/mol. The Morgan fingerprint density at radius 2 is 1.48 bits per heavy atom. The van der Waals surface area contributed by atoms with E-state index < -0.39 is 33.5 Å². The molecule has 0 radical (unpaired) electrons. The van der Waals surface area contributed by atoms with Crippen molar-refractivity contribution in [1.29, 1.82) is 0 Å². The fraction of sp³-hybridized carbons (Fsp3) is 0.0476. The van der Waals surface area contributed by atoms with Crippen LogP contribution >= 0.6 is 0 Å². The molecule has 0 unspecified atom stereocenters. The minimum atomic E-state index is -4.11. The van der Waals surface area contributed by atoms with Gasteiger partial charge in [-0.25, -0.2) is 17.2 Å². The van der Waals surface area contributed by atoms with Gasteiger partial charge in [-0.15, -0.1) is 0 Å². The number of carbonyl (C=O) groups is 2. The van der Waals surface area contributed by atoms with Crippen LogP contribution < -0.4 is 15.6 Å². The Kier molecular flexibility index (Phi) is 6.30. The molecule has 3 rings (SSSR count). The van der Waals surface area contributed by atoms with Gasteiger partial charge in [0.25, 0.3) is 21.8 Å². The summed E-state index contributed by atoms with van der Waals surface area (Å²) in [6.45, 7) is 1.43. The Morgan fingerprint density at radius 1 is 0.839 bits per heavy atom. The summed E-state index contributed by atoms with van der Waals surface area (Å²) in [5, 5.41) is 0. The van der Waals surface area contributed by atoms with E-state index in [-0.39, 0.29) is 27.3 Å². The standard InChI is InChI=1S/C21H17F2N3O4S/c1-13-12-16(10-11-18(13)23)31(29,30)26-19-5-3-2-4-17(19)21(28)25-24-20(27)14-6-8-15(22)9-7-14/h2-12,26H,1H3,(H,24,27)(H,25,28). The first kappa shape index (κ1) is 21.9. The molecule has 0 fully saturated rings. The number of amides is 2. The lowest BCUT2D eigenvalue weighted by Crippen LogP contribution is -2.41. The van der Waals surface area contributed by atoms with Crippen LogP contribution in [0.3, 0.4) is 0 Å². The number of halogens is 2. The number of hydrazine groups is 1. The van der Waals surface area contributed by atoms with Gasteiger partial charge in [-0.3, -0.25) is 25.2 Å². The molecule has 0 bridgehead atoms. The number of aryl methyl sites for hydroxylation is 1. The number of para-hydroxylation sites is 1. The van der Waals surface area contributed by atoms with Crippen molar-refractivity contribution in [3.8, 4) is 0 Å². The molecule has 3 aromatic carbocycles. The largest absolute Gasteiger partial charge is 0.279 e. The van der Waals surface area contributed by atoms with Gasteiger partial charge in [0.1, 0.15) is 11.6 Å². The van der Waals surface area contributed by atoms with Gasteiger partial charge in [-0.1, -0.05) is 12.1 Å². The highest BCUT2D eigenvalue weighted by atomic mass is 32.2. The number of carbonyl (C=O) groups excluding carboxylic acids is 2. The summed E-state index contributed by atoms with van der Waals surface area (Å²) >= 11 is 0. The SMILES string of the molecule is Cc1cc(S(=O)(=O)Nc2ccccc2C(=O)NNC(=O)c2ccc(F)cc2)ccc1F. The fourth-order valence-corrected chi connectivity index (χ4v) is 3.78. The Labute approximate surface area is 177 Å². The molecule has 3 aromatic rings.